The Morgan fingerprint density at radius 1 is 1.08 bits per heavy atom. The summed E-state index contributed by atoms with van der Waals surface area (Å²) < 4.78 is 0. The highest BCUT2D eigenvalue weighted by Crippen LogP contribution is 2.29. The van der Waals surface area contributed by atoms with E-state index in [2.05, 4.69) is 41.0 Å². The lowest BCUT2D eigenvalue weighted by molar-refractivity contribution is 0.102. The highest BCUT2D eigenvalue weighted by molar-refractivity contribution is 6.03. The molecule has 1 fully saturated rings. The summed E-state index contributed by atoms with van der Waals surface area (Å²) in [6.45, 7) is 8.41. The number of hydrogen-bond donors (Lipinski definition) is 1. The second kappa shape index (κ2) is 6.59. The largest absolute Gasteiger partial charge is 0.355 e. The number of aromatic nitrogens is 2. The molecule has 5 nitrogen and oxygen atoms in total. The Morgan fingerprint density at radius 2 is 1.79 bits per heavy atom. The molecule has 1 amide bonds. The smallest absolute Gasteiger partial charge is 0.275 e. The minimum absolute atomic E-state index is 0.0465. The molecule has 0 radical (unpaired) electrons. The molecule has 5 heteroatoms. The van der Waals surface area contributed by atoms with Gasteiger partial charge in [-0.1, -0.05) is 39.0 Å². The maximum Gasteiger partial charge on any atom is 0.275 e. The quantitative estimate of drug-likeness (QED) is 0.937. The molecule has 1 aliphatic rings. The standard InChI is InChI=1S/C19H24N4O/c1-19(2,3)14-8-4-5-9-15(14)22-18(24)16-12-21-17(13-20-16)23-10-6-7-11-23/h4-5,8-9,12-13H,6-7,10-11H2,1-3H3,(H,22,24). The van der Waals surface area contributed by atoms with Gasteiger partial charge in [0.25, 0.3) is 5.91 Å². The van der Waals surface area contributed by atoms with Crippen molar-refractivity contribution in [2.24, 2.45) is 0 Å². The molecule has 2 heterocycles. The van der Waals surface area contributed by atoms with Crippen LogP contribution in [0.4, 0.5) is 11.5 Å². The first-order chi connectivity index (χ1) is 11.4. The summed E-state index contributed by atoms with van der Waals surface area (Å²) >= 11 is 0. The number of amides is 1. The molecule has 1 saturated heterocycles. The zero-order chi connectivity index (χ0) is 17.2. The summed E-state index contributed by atoms with van der Waals surface area (Å²) in [7, 11) is 0. The molecular formula is C19H24N4O. The van der Waals surface area contributed by atoms with Crippen LogP contribution in [0.1, 0.15) is 49.7 Å². The fraction of sp³-hybridized carbons (Fsp3) is 0.421. The number of anilines is 2. The van der Waals surface area contributed by atoms with Crippen LogP contribution in [0.15, 0.2) is 36.7 Å². The van der Waals surface area contributed by atoms with E-state index < -0.39 is 0 Å². The van der Waals surface area contributed by atoms with Crippen LogP contribution < -0.4 is 10.2 Å². The molecule has 126 valence electrons. The van der Waals surface area contributed by atoms with Gasteiger partial charge in [-0.2, -0.15) is 0 Å². The van der Waals surface area contributed by atoms with Gasteiger partial charge >= 0.3 is 0 Å². The molecule has 0 spiro atoms. The zero-order valence-electron chi connectivity index (χ0n) is 14.5. The van der Waals surface area contributed by atoms with E-state index in [0.29, 0.717) is 5.69 Å². The van der Waals surface area contributed by atoms with Crippen LogP contribution in [0.3, 0.4) is 0 Å². The van der Waals surface area contributed by atoms with Crippen molar-refractivity contribution in [2.45, 2.75) is 39.0 Å². The summed E-state index contributed by atoms with van der Waals surface area (Å²) in [5, 5.41) is 2.97. The lowest BCUT2D eigenvalue weighted by atomic mass is 9.86. The van der Waals surface area contributed by atoms with Crippen molar-refractivity contribution in [3.05, 3.63) is 47.9 Å². The van der Waals surface area contributed by atoms with E-state index in [1.807, 2.05) is 24.3 Å². The third-order valence-electron chi connectivity index (χ3n) is 4.28. The Hall–Kier alpha value is -2.43. The fourth-order valence-electron chi connectivity index (χ4n) is 2.98. The normalized spacial score (nSPS) is 14.7. The predicted octanol–water partition coefficient (Wildman–Crippen LogP) is 3.63. The molecule has 0 unspecified atom stereocenters. The van der Waals surface area contributed by atoms with Gasteiger partial charge in [-0.3, -0.25) is 4.79 Å². The van der Waals surface area contributed by atoms with Gasteiger partial charge in [0.15, 0.2) is 0 Å². The van der Waals surface area contributed by atoms with Gasteiger partial charge in [0.2, 0.25) is 0 Å². The number of hydrogen-bond acceptors (Lipinski definition) is 4. The first-order valence-electron chi connectivity index (χ1n) is 8.43. The molecule has 1 aromatic heterocycles. The summed E-state index contributed by atoms with van der Waals surface area (Å²) in [6.07, 6.45) is 5.62. The third-order valence-corrected chi connectivity index (χ3v) is 4.28. The number of para-hydroxylation sites is 1. The monoisotopic (exact) mass is 324 g/mol. The highest BCUT2D eigenvalue weighted by atomic mass is 16.1. The van der Waals surface area contributed by atoms with Crippen LogP contribution in [0.2, 0.25) is 0 Å². The average molecular weight is 324 g/mol. The summed E-state index contributed by atoms with van der Waals surface area (Å²) in [5.74, 6) is 0.617. The van der Waals surface area contributed by atoms with Crippen molar-refractivity contribution >= 4 is 17.4 Å². The third kappa shape index (κ3) is 3.55. The van der Waals surface area contributed by atoms with Crippen molar-refractivity contribution in [3.8, 4) is 0 Å². The number of nitrogens with zero attached hydrogens (tertiary/aromatic N) is 3. The molecule has 2 aromatic rings. The number of rotatable bonds is 3. The topological polar surface area (TPSA) is 58.1 Å². The van der Waals surface area contributed by atoms with Crippen molar-refractivity contribution < 1.29 is 4.79 Å². The van der Waals surface area contributed by atoms with E-state index in [4.69, 9.17) is 0 Å². The molecule has 1 N–H and O–H groups in total. The van der Waals surface area contributed by atoms with Gasteiger partial charge in [-0.05, 0) is 29.9 Å². The molecule has 1 aromatic carbocycles. The van der Waals surface area contributed by atoms with Crippen LogP contribution in [-0.2, 0) is 5.41 Å². The molecule has 0 aliphatic carbocycles. The van der Waals surface area contributed by atoms with Crippen molar-refractivity contribution in [2.75, 3.05) is 23.3 Å². The van der Waals surface area contributed by atoms with Gasteiger partial charge in [-0.25, -0.2) is 9.97 Å². The van der Waals surface area contributed by atoms with Gasteiger partial charge in [0.05, 0.1) is 12.4 Å². The molecule has 0 bridgehead atoms. The van der Waals surface area contributed by atoms with Crippen LogP contribution in [0.5, 0.6) is 0 Å². The minimum atomic E-state index is -0.229. The van der Waals surface area contributed by atoms with E-state index in [1.54, 1.807) is 12.4 Å². The van der Waals surface area contributed by atoms with Crippen LogP contribution in [0, 0.1) is 0 Å². The van der Waals surface area contributed by atoms with Gasteiger partial charge < -0.3 is 10.2 Å². The van der Waals surface area contributed by atoms with Gasteiger partial charge in [-0.15, -0.1) is 0 Å². The SMILES string of the molecule is CC(C)(C)c1ccccc1NC(=O)c1cnc(N2CCCC2)cn1. The maximum atomic E-state index is 12.5. The van der Waals surface area contributed by atoms with Crippen LogP contribution in [-0.4, -0.2) is 29.0 Å². The van der Waals surface area contributed by atoms with Gasteiger partial charge in [0.1, 0.15) is 11.5 Å². The van der Waals surface area contributed by atoms with Crippen molar-refractivity contribution in [1.82, 2.24) is 9.97 Å². The summed E-state index contributed by atoms with van der Waals surface area (Å²) in [4.78, 5) is 23.4. The zero-order valence-corrected chi connectivity index (χ0v) is 14.5. The fourth-order valence-corrected chi connectivity index (χ4v) is 2.98. The first kappa shape index (κ1) is 16.4. The Morgan fingerprint density at radius 3 is 2.42 bits per heavy atom. The summed E-state index contributed by atoms with van der Waals surface area (Å²) in [5.41, 5.74) is 2.21. The number of benzene rings is 1. The van der Waals surface area contributed by atoms with E-state index in [-0.39, 0.29) is 11.3 Å². The highest BCUT2D eigenvalue weighted by Gasteiger charge is 2.20. The molecule has 0 atom stereocenters. The van der Waals surface area contributed by atoms with E-state index in [1.165, 1.54) is 12.8 Å². The lowest BCUT2D eigenvalue weighted by Crippen LogP contribution is -2.21. The van der Waals surface area contributed by atoms with Crippen molar-refractivity contribution in [1.29, 1.82) is 0 Å². The van der Waals surface area contributed by atoms with E-state index in [9.17, 15) is 4.79 Å². The Balaban J connectivity index is 1.76. The van der Waals surface area contributed by atoms with Crippen molar-refractivity contribution in [3.63, 3.8) is 0 Å². The molecule has 1 aliphatic heterocycles. The summed E-state index contributed by atoms with van der Waals surface area (Å²) in [6, 6.07) is 7.87. The second-order valence-electron chi connectivity index (χ2n) is 7.20. The second-order valence-corrected chi connectivity index (χ2v) is 7.20. The molecular weight excluding hydrogens is 300 g/mol. The maximum absolute atomic E-state index is 12.5. The first-order valence-corrected chi connectivity index (χ1v) is 8.43. The van der Waals surface area contributed by atoms with Crippen LogP contribution in [0.25, 0.3) is 0 Å². The number of carbonyl (C=O) groups excluding carboxylic acids is 1. The Bertz CT molecular complexity index is 713. The van der Waals surface area contributed by atoms with E-state index >= 15 is 0 Å². The number of nitrogens with one attached hydrogen (secondary N) is 1. The lowest BCUT2D eigenvalue weighted by Gasteiger charge is -2.23. The average Bonchev–Trinajstić information content (AvgIpc) is 3.09. The van der Waals surface area contributed by atoms with E-state index in [0.717, 1.165) is 30.2 Å². The van der Waals surface area contributed by atoms with Crippen LogP contribution >= 0.6 is 0 Å². The molecule has 0 saturated carbocycles. The predicted molar refractivity (Wildman–Crippen MR) is 96.6 cm³/mol. The Kier molecular flexibility index (Phi) is 4.51. The number of carbonyl (C=O) groups is 1. The van der Waals surface area contributed by atoms with Gasteiger partial charge in [0, 0.05) is 18.8 Å². The molecule has 24 heavy (non-hydrogen) atoms. The minimum Gasteiger partial charge on any atom is -0.355 e. The Labute approximate surface area is 143 Å². The molecule has 3 rings (SSSR count).